The zero-order valence-corrected chi connectivity index (χ0v) is 14.8. The molecule has 0 aliphatic heterocycles. The standard InChI is InChI=1S/C6H2F4I4/c7-11-3-1-4(12-8)6(14-10)2-5(3)13-9/h1-2H/q-4. The fourth-order valence-corrected chi connectivity index (χ4v) is 7.09. The van der Waals surface area contributed by atoms with E-state index in [2.05, 4.69) is 0 Å². The second-order valence-electron chi connectivity index (χ2n) is 1.97. The van der Waals surface area contributed by atoms with Crippen LogP contribution in [0.1, 0.15) is 0 Å². The van der Waals surface area contributed by atoms with Crippen LogP contribution in [0.15, 0.2) is 12.1 Å². The van der Waals surface area contributed by atoms with E-state index in [0.717, 1.165) is 0 Å². The molecular formula is C6H2F4I4-4. The van der Waals surface area contributed by atoms with Crippen LogP contribution in [0.2, 0.25) is 0 Å². The molecule has 1 aromatic rings. The van der Waals surface area contributed by atoms with E-state index in [1.165, 1.54) is 12.1 Å². The first kappa shape index (κ1) is 13.9. The molecule has 0 aromatic heterocycles. The van der Waals surface area contributed by atoms with E-state index in [1.807, 2.05) is 0 Å². The zero-order chi connectivity index (χ0) is 10.6. The van der Waals surface area contributed by atoms with Crippen molar-refractivity contribution in [3.05, 3.63) is 26.4 Å². The third-order valence-electron chi connectivity index (χ3n) is 1.27. The number of hydrogen-bond donors (Lipinski definition) is 0. The van der Waals surface area contributed by atoms with Crippen LogP contribution in [0, 0.1) is 14.3 Å². The molecule has 86 valence electrons. The van der Waals surface area contributed by atoms with Crippen molar-refractivity contribution < 1.29 is 98.6 Å². The molecule has 8 heteroatoms. The van der Waals surface area contributed by atoms with Gasteiger partial charge in [-0.2, -0.15) is 0 Å². The Morgan fingerprint density at radius 3 is 0.929 bits per heavy atom. The molecule has 0 radical (unpaired) electrons. The molecule has 0 aliphatic carbocycles. The monoisotopic (exact) mass is 658 g/mol. The van der Waals surface area contributed by atoms with Crippen molar-refractivity contribution >= 4 is 0 Å². The van der Waals surface area contributed by atoms with Gasteiger partial charge in [0.15, 0.2) is 0 Å². The third-order valence-corrected chi connectivity index (χ3v) is 8.66. The van der Waals surface area contributed by atoms with Crippen molar-refractivity contribution in [2.45, 2.75) is 0 Å². The Bertz CT molecular complexity index is 261. The van der Waals surface area contributed by atoms with E-state index in [4.69, 9.17) is 0 Å². The van der Waals surface area contributed by atoms with Gasteiger partial charge in [0.2, 0.25) is 0 Å². The predicted octanol–water partition coefficient (Wildman–Crippen LogP) is -9.74. The first-order valence-corrected chi connectivity index (χ1v) is 10.6. The minimum atomic E-state index is -1.73. The summed E-state index contributed by atoms with van der Waals surface area (Å²) in [4.78, 5) is 0. The Balaban J connectivity index is 3.20. The van der Waals surface area contributed by atoms with Gasteiger partial charge in [0.25, 0.3) is 0 Å². The number of benzene rings is 1. The fraction of sp³-hybridized carbons (Fsp3) is 0. The number of halogens is 8. The van der Waals surface area contributed by atoms with E-state index < -0.39 is 87.1 Å². The summed E-state index contributed by atoms with van der Waals surface area (Å²) in [5, 5.41) is 0. The van der Waals surface area contributed by atoms with E-state index in [1.54, 1.807) is 0 Å². The van der Waals surface area contributed by atoms with Crippen molar-refractivity contribution in [1.29, 1.82) is 0 Å². The summed E-state index contributed by atoms with van der Waals surface area (Å²) in [7, 11) is 0. The Labute approximate surface area is 123 Å². The maximum absolute atomic E-state index is 12.5. The van der Waals surface area contributed by atoms with Gasteiger partial charge in [0.05, 0.1) is 0 Å². The first-order chi connectivity index (χ1) is 6.76. The number of rotatable bonds is 4. The molecule has 0 amide bonds. The van der Waals surface area contributed by atoms with E-state index in [9.17, 15) is 11.4 Å². The summed E-state index contributed by atoms with van der Waals surface area (Å²) < 4.78 is 51.2. The Kier molecular flexibility index (Phi) is 7.20. The molecule has 0 N–H and O–H groups in total. The summed E-state index contributed by atoms with van der Waals surface area (Å²) >= 11 is -6.93. The van der Waals surface area contributed by atoms with Gasteiger partial charge in [-0.3, -0.25) is 0 Å². The molecule has 0 saturated heterocycles. The second kappa shape index (κ2) is 7.24. The molecule has 0 bridgehead atoms. The Morgan fingerprint density at radius 2 is 0.786 bits per heavy atom. The molecular weight excluding hydrogens is 656 g/mol. The quantitative estimate of drug-likeness (QED) is 0.172. The molecule has 0 saturated carbocycles. The van der Waals surface area contributed by atoms with Gasteiger partial charge in [0.1, 0.15) is 0 Å². The molecule has 1 aromatic carbocycles. The van der Waals surface area contributed by atoms with Crippen LogP contribution >= 0.6 is 0 Å². The van der Waals surface area contributed by atoms with Crippen molar-refractivity contribution in [2.24, 2.45) is 0 Å². The zero-order valence-electron chi connectivity index (χ0n) is 6.18. The van der Waals surface area contributed by atoms with Crippen LogP contribution in [-0.4, -0.2) is 0 Å². The van der Waals surface area contributed by atoms with Crippen molar-refractivity contribution in [1.82, 2.24) is 0 Å². The molecule has 1 rings (SSSR count). The maximum atomic E-state index is 12.5. The van der Waals surface area contributed by atoms with Gasteiger partial charge in [-0.15, -0.1) is 0 Å². The Morgan fingerprint density at radius 1 is 0.571 bits per heavy atom. The third kappa shape index (κ3) is 3.43. The molecule has 0 heterocycles. The summed E-state index contributed by atoms with van der Waals surface area (Å²) in [6.45, 7) is 0. The summed E-state index contributed by atoms with van der Waals surface area (Å²) in [6.07, 6.45) is 0. The van der Waals surface area contributed by atoms with Crippen LogP contribution in [0.4, 0.5) is 11.4 Å². The van der Waals surface area contributed by atoms with E-state index >= 15 is 0 Å². The summed E-state index contributed by atoms with van der Waals surface area (Å²) in [5.74, 6) is 0. The van der Waals surface area contributed by atoms with Gasteiger partial charge in [-0.1, -0.05) is 0 Å². The molecule has 0 nitrogen and oxygen atoms in total. The predicted molar refractivity (Wildman–Crippen MR) is 25.7 cm³/mol. The first-order valence-electron chi connectivity index (χ1n) is 2.98. The fourth-order valence-electron chi connectivity index (χ4n) is 0.717. The normalized spacial score (nSPS) is 11.7. The van der Waals surface area contributed by atoms with Gasteiger partial charge in [-0.25, -0.2) is 0 Å². The van der Waals surface area contributed by atoms with Crippen molar-refractivity contribution in [3.63, 3.8) is 0 Å². The van der Waals surface area contributed by atoms with Gasteiger partial charge in [0, 0.05) is 0 Å². The average Bonchev–Trinajstić information content (AvgIpc) is 2.26. The van der Waals surface area contributed by atoms with Crippen LogP contribution < -0.4 is 87.1 Å². The van der Waals surface area contributed by atoms with Gasteiger partial charge in [-0.05, 0) is 0 Å². The Hall–Kier alpha value is 1.86. The van der Waals surface area contributed by atoms with Crippen LogP contribution in [0.25, 0.3) is 0 Å². The molecule has 0 unspecified atom stereocenters. The van der Waals surface area contributed by atoms with E-state index in [0.29, 0.717) is 14.3 Å². The van der Waals surface area contributed by atoms with Crippen LogP contribution in [0.5, 0.6) is 0 Å². The topological polar surface area (TPSA) is 0 Å². The van der Waals surface area contributed by atoms with E-state index in [-0.39, 0.29) is 0 Å². The molecule has 0 spiro atoms. The van der Waals surface area contributed by atoms with Gasteiger partial charge < -0.3 is 0 Å². The summed E-state index contributed by atoms with van der Waals surface area (Å²) in [5.41, 5.74) is 0. The average molecular weight is 658 g/mol. The SMILES string of the molecule is F[I-]c1cc([I-]F)c([I-]F)cc1[I-]F. The molecule has 0 fully saturated rings. The van der Waals surface area contributed by atoms with Crippen molar-refractivity contribution in [3.8, 4) is 0 Å². The van der Waals surface area contributed by atoms with Gasteiger partial charge >= 0.3 is 125 Å². The number of hydrogen-bond acceptors (Lipinski definition) is 0. The summed E-state index contributed by atoms with van der Waals surface area (Å²) in [6, 6.07) is 2.67. The molecule has 14 heavy (non-hydrogen) atoms. The molecule has 0 atom stereocenters. The molecule has 0 aliphatic rings. The van der Waals surface area contributed by atoms with Crippen LogP contribution in [-0.2, 0) is 0 Å². The minimum absolute atomic E-state index is 0.299. The second-order valence-corrected chi connectivity index (χ2v) is 8.25. The van der Waals surface area contributed by atoms with Crippen molar-refractivity contribution in [2.75, 3.05) is 0 Å². The van der Waals surface area contributed by atoms with Crippen LogP contribution in [0.3, 0.4) is 0 Å².